The molecule has 0 spiro atoms. The molecule has 0 radical (unpaired) electrons. The van der Waals surface area contributed by atoms with Crippen molar-refractivity contribution in [2.45, 2.75) is 12.8 Å². The number of allylic oxidation sites excluding steroid dienone is 4. The molecule has 0 aromatic carbocycles. The molecule has 84 valence electrons. The Labute approximate surface area is 101 Å². The highest BCUT2D eigenvalue weighted by atomic mass is 35.5. The van der Waals surface area contributed by atoms with Crippen LogP contribution in [0.4, 0.5) is 0 Å². The Bertz CT molecular complexity index is 380. The topological polar surface area (TPSA) is 25.2 Å². The molecule has 0 atom stereocenters. The minimum atomic E-state index is 0.636. The number of aryl methyl sites for hydroxylation is 1. The molecule has 1 aromatic heterocycles. The van der Waals surface area contributed by atoms with E-state index in [2.05, 4.69) is 16.1 Å². The van der Waals surface area contributed by atoms with Crippen LogP contribution in [0.5, 0.6) is 0 Å². The van der Waals surface area contributed by atoms with E-state index in [9.17, 15) is 0 Å². The summed E-state index contributed by atoms with van der Waals surface area (Å²) in [5, 5.41) is 0.636. The predicted octanol–water partition coefficient (Wildman–Crippen LogP) is 3.39. The maximum absolute atomic E-state index is 5.83. The number of hydrogen-bond acceptors (Lipinski definition) is 2. The minimum Gasteiger partial charge on any atom is -0.295 e. The highest BCUT2D eigenvalue weighted by molar-refractivity contribution is 6.39. The lowest BCUT2D eigenvalue weighted by atomic mass is 10.2. The van der Waals surface area contributed by atoms with Gasteiger partial charge in [-0.15, -0.1) is 0 Å². The fourth-order valence-electron chi connectivity index (χ4n) is 1.20. The first-order valence-electron chi connectivity index (χ1n) is 5.17. The maximum atomic E-state index is 5.83. The average Bonchev–Trinajstić information content (AvgIpc) is 2.30. The molecule has 0 amide bonds. The van der Waals surface area contributed by atoms with Gasteiger partial charge in [0.1, 0.15) is 0 Å². The van der Waals surface area contributed by atoms with E-state index in [4.69, 9.17) is 11.6 Å². The van der Waals surface area contributed by atoms with Crippen molar-refractivity contribution in [1.29, 1.82) is 0 Å². The standard InChI is InChI=1S/C13H15ClN2/c1-15-11-12(14)7-3-2-4-8-13-9-5-6-10-16-13/h2-3,5-7,9-11H,4,8H2,1H3/b3-2+,12-7+,15-11-. The summed E-state index contributed by atoms with van der Waals surface area (Å²) in [6.45, 7) is 0. The van der Waals surface area contributed by atoms with Gasteiger partial charge in [0.15, 0.2) is 0 Å². The third-order valence-corrected chi connectivity index (χ3v) is 2.16. The fourth-order valence-corrected chi connectivity index (χ4v) is 1.37. The van der Waals surface area contributed by atoms with Gasteiger partial charge in [-0.1, -0.05) is 29.8 Å². The van der Waals surface area contributed by atoms with Gasteiger partial charge in [0, 0.05) is 25.2 Å². The molecule has 0 saturated carbocycles. The molecule has 0 aliphatic carbocycles. The molecule has 3 heteroatoms. The van der Waals surface area contributed by atoms with Crippen molar-refractivity contribution in [1.82, 2.24) is 4.98 Å². The number of hydrogen-bond donors (Lipinski definition) is 0. The van der Waals surface area contributed by atoms with E-state index in [0.717, 1.165) is 18.5 Å². The third kappa shape index (κ3) is 5.47. The zero-order valence-electron chi connectivity index (χ0n) is 9.31. The van der Waals surface area contributed by atoms with E-state index in [1.807, 2.05) is 36.5 Å². The van der Waals surface area contributed by atoms with Crippen LogP contribution in [-0.4, -0.2) is 18.2 Å². The van der Waals surface area contributed by atoms with Crippen LogP contribution in [-0.2, 0) is 6.42 Å². The molecule has 0 N–H and O–H groups in total. The molecular formula is C13H15ClN2. The van der Waals surface area contributed by atoms with Crippen molar-refractivity contribution in [2.24, 2.45) is 4.99 Å². The summed E-state index contributed by atoms with van der Waals surface area (Å²) in [5.41, 5.74) is 1.11. The molecule has 16 heavy (non-hydrogen) atoms. The lowest BCUT2D eigenvalue weighted by Gasteiger charge is -1.94. The summed E-state index contributed by atoms with van der Waals surface area (Å²) in [7, 11) is 1.70. The monoisotopic (exact) mass is 234 g/mol. The smallest absolute Gasteiger partial charge is 0.0584 e. The molecule has 0 aliphatic rings. The first-order chi connectivity index (χ1) is 7.83. The Morgan fingerprint density at radius 2 is 2.38 bits per heavy atom. The lowest BCUT2D eigenvalue weighted by Crippen LogP contribution is -1.86. The van der Waals surface area contributed by atoms with Gasteiger partial charge in [0.05, 0.1) is 5.03 Å². The number of pyridine rings is 1. The van der Waals surface area contributed by atoms with Crippen molar-refractivity contribution in [3.05, 3.63) is 53.4 Å². The van der Waals surface area contributed by atoms with Crippen molar-refractivity contribution in [3.63, 3.8) is 0 Å². The Hall–Kier alpha value is -1.41. The number of halogens is 1. The molecule has 1 rings (SSSR count). The summed E-state index contributed by atoms with van der Waals surface area (Å²) in [5.74, 6) is 0. The van der Waals surface area contributed by atoms with E-state index in [1.165, 1.54) is 0 Å². The highest BCUT2D eigenvalue weighted by Gasteiger charge is 1.89. The number of aliphatic imine (C=N–C) groups is 1. The van der Waals surface area contributed by atoms with Gasteiger partial charge in [0.2, 0.25) is 0 Å². The zero-order valence-corrected chi connectivity index (χ0v) is 10.1. The summed E-state index contributed by atoms with van der Waals surface area (Å²) < 4.78 is 0. The van der Waals surface area contributed by atoms with E-state index in [1.54, 1.807) is 13.3 Å². The average molecular weight is 235 g/mol. The van der Waals surface area contributed by atoms with Gasteiger partial charge in [-0.25, -0.2) is 0 Å². The third-order valence-electron chi connectivity index (χ3n) is 1.94. The van der Waals surface area contributed by atoms with Gasteiger partial charge in [0.25, 0.3) is 0 Å². The molecule has 0 fully saturated rings. The summed E-state index contributed by atoms with van der Waals surface area (Å²) in [6, 6.07) is 5.95. The van der Waals surface area contributed by atoms with Gasteiger partial charge in [-0.2, -0.15) is 0 Å². The molecule has 0 aliphatic heterocycles. The molecule has 2 nitrogen and oxygen atoms in total. The van der Waals surface area contributed by atoms with Gasteiger partial charge in [-0.05, 0) is 31.1 Å². The Morgan fingerprint density at radius 1 is 1.50 bits per heavy atom. The van der Waals surface area contributed by atoms with Crippen LogP contribution >= 0.6 is 11.6 Å². The van der Waals surface area contributed by atoms with E-state index >= 15 is 0 Å². The summed E-state index contributed by atoms with van der Waals surface area (Å²) in [4.78, 5) is 8.06. The van der Waals surface area contributed by atoms with Gasteiger partial charge < -0.3 is 0 Å². The fraction of sp³-hybridized carbons (Fsp3) is 0.231. The van der Waals surface area contributed by atoms with Crippen LogP contribution in [0, 0.1) is 0 Å². The molecule has 1 heterocycles. The van der Waals surface area contributed by atoms with Crippen molar-refractivity contribution in [2.75, 3.05) is 7.05 Å². The highest BCUT2D eigenvalue weighted by Crippen LogP contribution is 2.01. The lowest BCUT2D eigenvalue weighted by molar-refractivity contribution is 0.944. The molecule has 0 bridgehead atoms. The first kappa shape index (κ1) is 12.7. The molecule has 1 aromatic rings. The van der Waals surface area contributed by atoms with Crippen LogP contribution in [0.2, 0.25) is 0 Å². The number of aromatic nitrogens is 1. The molecule has 0 unspecified atom stereocenters. The summed E-state index contributed by atoms with van der Waals surface area (Å²) in [6.07, 6.45) is 11.2. The van der Waals surface area contributed by atoms with Gasteiger partial charge >= 0.3 is 0 Å². The first-order valence-corrected chi connectivity index (χ1v) is 5.55. The van der Waals surface area contributed by atoms with E-state index in [0.29, 0.717) is 5.03 Å². The van der Waals surface area contributed by atoms with Crippen LogP contribution in [0.3, 0.4) is 0 Å². The second kappa shape index (κ2) is 7.83. The zero-order chi connectivity index (χ0) is 11.6. The Morgan fingerprint density at radius 3 is 3.06 bits per heavy atom. The SMILES string of the molecule is C\N=C/C(Cl)=C\C=C\CCc1ccccn1. The normalized spacial score (nSPS) is 12.8. The largest absolute Gasteiger partial charge is 0.295 e. The van der Waals surface area contributed by atoms with Crippen molar-refractivity contribution in [3.8, 4) is 0 Å². The summed E-state index contributed by atoms with van der Waals surface area (Å²) >= 11 is 5.83. The second-order valence-electron chi connectivity index (χ2n) is 3.23. The van der Waals surface area contributed by atoms with Crippen molar-refractivity contribution < 1.29 is 0 Å². The predicted molar refractivity (Wildman–Crippen MR) is 70.1 cm³/mol. The van der Waals surface area contributed by atoms with Crippen molar-refractivity contribution >= 4 is 17.8 Å². The van der Waals surface area contributed by atoms with Gasteiger partial charge in [-0.3, -0.25) is 9.98 Å². The molecular weight excluding hydrogens is 220 g/mol. The minimum absolute atomic E-state index is 0.636. The molecule has 0 saturated heterocycles. The van der Waals surface area contributed by atoms with E-state index < -0.39 is 0 Å². The number of rotatable bonds is 5. The Kier molecular flexibility index (Phi) is 6.19. The quantitative estimate of drug-likeness (QED) is 0.566. The maximum Gasteiger partial charge on any atom is 0.0584 e. The van der Waals surface area contributed by atoms with Crippen LogP contribution < -0.4 is 0 Å². The van der Waals surface area contributed by atoms with E-state index in [-0.39, 0.29) is 0 Å². The number of nitrogens with zero attached hydrogens (tertiary/aromatic N) is 2. The van der Waals surface area contributed by atoms with Crippen LogP contribution in [0.1, 0.15) is 12.1 Å². The van der Waals surface area contributed by atoms with Crippen LogP contribution in [0.25, 0.3) is 0 Å². The Balaban J connectivity index is 2.31. The second-order valence-corrected chi connectivity index (χ2v) is 3.66. The van der Waals surface area contributed by atoms with Crippen LogP contribution in [0.15, 0.2) is 52.6 Å².